The minimum Gasteiger partial charge on any atom is -0.466 e. The number of aliphatic hydroxyl groups is 2. The van der Waals surface area contributed by atoms with Crippen LogP contribution in [-0.2, 0) is 14.3 Å². The van der Waals surface area contributed by atoms with E-state index in [1.54, 1.807) is 6.08 Å². The molecule has 0 aromatic carbocycles. The van der Waals surface area contributed by atoms with Crippen LogP contribution in [0.15, 0.2) is 24.3 Å². The zero-order valence-corrected chi connectivity index (χ0v) is 52.9. The van der Waals surface area contributed by atoms with Crippen molar-refractivity contribution in [2.24, 2.45) is 0 Å². The molecule has 0 aromatic heterocycles. The standard InChI is InChI=1S/C72H139NO5/c1-3-5-7-9-11-13-15-17-18-19-20-28-31-34-37-41-44-48-52-56-60-64-70(75)69(68-74)73-71(76)65-61-57-53-49-45-42-38-35-32-29-26-24-22-21-23-25-27-30-33-36-39-43-47-51-55-59-63-67-78-72(77)66-62-58-54-50-46-40-16-14-12-10-8-6-4-2/h14,16,60,64,69-70,74-75H,3-13,15,17-59,61-63,65-68H2,1-2H3,(H,73,76)/b16-14-,64-60+. The van der Waals surface area contributed by atoms with Crippen molar-refractivity contribution < 1.29 is 24.5 Å². The molecule has 0 bridgehead atoms. The van der Waals surface area contributed by atoms with E-state index in [4.69, 9.17) is 4.74 Å². The van der Waals surface area contributed by atoms with E-state index >= 15 is 0 Å². The summed E-state index contributed by atoms with van der Waals surface area (Å²) in [4.78, 5) is 24.6. The van der Waals surface area contributed by atoms with Gasteiger partial charge in [-0.15, -0.1) is 0 Å². The van der Waals surface area contributed by atoms with Crippen LogP contribution in [0.4, 0.5) is 0 Å². The van der Waals surface area contributed by atoms with Crippen molar-refractivity contribution in [3.63, 3.8) is 0 Å². The Labute approximate surface area is 488 Å². The molecule has 0 aromatic rings. The highest BCUT2D eigenvalue weighted by molar-refractivity contribution is 5.76. The predicted molar refractivity (Wildman–Crippen MR) is 343 cm³/mol. The number of amides is 1. The first-order valence-electron chi connectivity index (χ1n) is 35.6. The molecule has 3 N–H and O–H groups in total. The summed E-state index contributed by atoms with van der Waals surface area (Å²) < 4.78 is 5.48. The molecular weight excluding hydrogens is 959 g/mol. The molecule has 0 aliphatic heterocycles. The molecule has 0 radical (unpaired) electrons. The van der Waals surface area contributed by atoms with E-state index < -0.39 is 12.1 Å². The minimum atomic E-state index is -0.843. The van der Waals surface area contributed by atoms with Crippen LogP contribution in [0.2, 0.25) is 0 Å². The molecule has 0 heterocycles. The Balaban J connectivity index is 3.38. The quantitative estimate of drug-likeness (QED) is 0.0320. The predicted octanol–water partition coefficient (Wildman–Crippen LogP) is 22.9. The van der Waals surface area contributed by atoms with Crippen LogP contribution in [0, 0.1) is 0 Å². The van der Waals surface area contributed by atoms with Crippen LogP contribution in [0.25, 0.3) is 0 Å². The number of carbonyl (C=O) groups is 2. The van der Waals surface area contributed by atoms with Crippen molar-refractivity contribution in [3.05, 3.63) is 24.3 Å². The van der Waals surface area contributed by atoms with Crippen molar-refractivity contribution in [1.82, 2.24) is 5.32 Å². The molecule has 6 nitrogen and oxygen atoms in total. The fourth-order valence-electron chi connectivity index (χ4n) is 11.3. The molecule has 0 saturated heterocycles. The van der Waals surface area contributed by atoms with Crippen molar-refractivity contribution >= 4 is 11.9 Å². The molecule has 0 aliphatic carbocycles. The molecule has 0 rings (SSSR count). The molecule has 2 atom stereocenters. The number of aliphatic hydroxyl groups excluding tert-OH is 2. The summed E-state index contributed by atoms with van der Waals surface area (Å²) in [6.07, 6.45) is 85.4. The van der Waals surface area contributed by atoms with Crippen LogP contribution >= 0.6 is 0 Å². The fraction of sp³-hybridized carbons (Fsp3) is 0.917. The molecule has 78 heavy (non-hydrogen) atoms. The number of nitrogens with one attached hydrogen (secondary N) is 1. The number of hydrogen-bond acceptors (Lipinski definition) is 5. The van der Waals surface area contributed by atoms with Gasteiger partial charge in [0.1, 0.15) is 0 Å². The van der Waals surface area contributed by atoms with Gasteiger partial charge in [0.25, 0.3) is 0 Å². The highest BCUT2D eigenvalue weighted by Crippen LogP contribution is 2.19. The van der Waals surface area contributed by atoms with Gasteiger partial charge in [0.05, 0.1) is 25.4 Å². The normalized spacial score (nSPS) is 12.6. The summed E-state index contributed by atoms with van der Waals surface area (Å²) in [7, 11) is 0. The van der Waals surface area contributed by atoms with Crippen LogP contribution in [0.1, 0.15) is 399 Å². The third kappa shape index (κ3) is 63.5. The zero-order valence-electron chi connectivity index (χ0n) is 52.9. The first kappa shape index (κ1) is 76.3. The smallest absolute Gasteiger partial charge is 0.305 e. The van der Waals surface area contributed by atoms with Gasteiger partial charge in [-0.1, -0.05) is 353 Å². The van der Waals surface area contributed by atoms with E-state index in [1.165, 1.54) is 327 Å². The first-order valence-corrected chi connectivity index (χ1v) is 35.6. The molecule has 2 unspecified atom stereocenters. The number of ether oxygens (including phenoxy) is 1. The van der Waals surface area contributed by atoms with Gasteiger partial charge < -0.3 is 20.3 Å². The molecule has 6 heteroatoms. The summed E-state index contributed by atoms with van der Waals surface area (Å²) in [5.74, 6) is -0.0520. The Kier molecular flexibility index (Phi) is 66.4. The van der Waals surface area contributed by atoms with E-state index in [0.717, 1.165) is 44.9 Å². The molecular formula is C72H139NO5. The molecule has 0 spiro atoms. The lowest BCUT2D eigenvalue weighted by Crippen LogP contribution is -2.45. The van der Waals surface area contributed by atoms with Crippen molar-refractivity contribution in [2.45, 2.75) is 411 Å². The van der Waals surface area contributed by atoms with Crippen molar-refractivity contribution in [2.75, 3.05) is 13.2 Å². The van der Waals surface area contributed by atoms with E-state index in [0.29, 0.717) is 19.4 Å². The third-order valence-electron chi connectivity index (χ3n) is 16.7. The lowest BCUT2D eigenvalue weighted by Gasteiger charge is -2.20. The topological polar surface area (TPSA) is 95.9 Å². The third-order valence-corrected chi connectivity index (χ3v) is 16.7. The monoisotopic (exact) mass is 1100 g/mol. The van der Waals surface area contributed by atoms with E-state index in [-0.39, 0.29) is 18.5 Å². The number of carbonyl (C=O) groups excluding carboxylic acids is 2. The van der Waals surface area contributed by atoms with Crippen molar-refractivity contribution in [1.29, 1.82) is 0 Å². The van der Waals surface area contributed by atoms with Crippen LogP contribution in [0.3, 0.4) is 0 Å². The first-order chi connectivity index (χ1) is 38.5. The van der Waals surface area contributed by atoms with Gasteiger partial charge >= 0.3 is 5.97 Å². The van der Waals surface area contributed by atoms with Gasteiger partial charge in [-0.25, -0.2) is 0 Å². The SMILES string of the molecule is CCCCCC/C=C\CCCCCCCC(=O)OCCCCCCCCCCCCCCCCCCCCCCCCCCCCCC(=O)NC(CO)C(O)/C=C/CCCCCCCCCCCCCCCCCCCCC. The summed E-state index contributed by atoms with van der Waals surface area (Å²) in [5, 5.41) is 23.3. The molecule has 462 valence electrons. The Bertz CT molecular complexity index is 1220. The summed E-state index contributed by atoms with van der Waals surface area (Å²) in [5.41, 5.74) is 0. The fourth-order valence-corrected chi connectivity index (χ4v) is 11.3. The Morgan fingerprint density at radius 3 is 0.923 bits per heavy atom. The van der Waals surface area contributed by atoms with Crippen LogP contribution < -0.4 is 5.32 Å². The summed E-state index contributed by atoms with van der Waals surface area (Å²) in [6.45, 7) is 4.93. The largest absolute Gasteiger partial charge is 0.466 e. The van der Waals surface area contributed by atoms with Gasteiger partial charge in [0.15, 0.2) is 0 Å². The minimum absolute atomic E-state index is 0.00909. The van der Waals surface area contributed by atoms with E-state index in [9.17, 15) is 19.8 Å². The molecule has 1 amide bonds. The average molecular weight is 1100 g/mol. The second-order valence-electron chi connectivity index (χ2n) is 24.6. The Hall–Kier alpha value is -1.66. The lowest BCUT2D eigenvalue weighted by atomic mass is 10.0. The van der Waals surface area contributed by atoms with Crippen molar-refractivity contribution in [3.8, 4) is 0 Å². The van der Waals surface area contributed by atoms with E-state index in [1.807, 2.05) is 6.08 Å². The number of esters is 1. The average Bonchev–Trinajstić information content (AvgIpc) is 3.44. The summed E-state index contributed by atoms with van der Waals surface area (Å²) in [6, 6.07) is -0.626. The summed E-state index contributed by atoms with van der Waals surface area (Å²) >= 11 is 0. The van der Waals surface area contributed by atoms with Gasteiger partial charge in [-0.3, -0.25) is 9.59 Å². The van der Waals surface area contributed by atoms with Gasteiger partial charge in [-0.05, 0) is 57.8 Å². The number of allylic oxidation sites excluding steroid dienone is 3. The maximum Gasteiger partial charge on any atom is 0.305 e. The van der Waals surface area contributed by atoms with Crippen LogP contribution in [-0.4, -0.2) is 47.4 Å². The Morgan fingerprint density at radius 2 is 0.603 bits per heavy atom. The highest BCUT2D eigenvalue weighted by Gasteiger charge is 2.18. The molecule has 0 fully saturated rings. The maximum atomic E-state index is 12.5. The number of hydrogen-bond donors (Lipinski definition) is 3. The van der Waals surface area contributed by atoms with E-state index in [2.05, 4.69) is 31.3 Å². The lowest BCUT2D eigenvalue weighted by molar-refractivity contribution is -0.143. The zero-order chi connectivity index (χ0) is 56.4. The second-order valence-corrected chi connectivity index (χ2v) is 24.6. The van der Waals surface area contributed by atoms with Gasteiger partial charge in [0.2, 0.25) is 5.91 Å². The van der Waals surface area contributed by atoms with Gasteiger partial charge in [-0.2, -0.15) is 0 Å². The Morgan fingerprint density at radius 1 is 0.346 bits per heavy atom. The van der Waals surface area contributed by atoms with Crippen LogP contribution in [0.5, 0.6) is 0 Å². The number of unbranched alkanes of at least 4 members (excludes halogenated alkanes) is 54. The highest BCUT2D eigenvalue weighted by atomic mass is 16.5. The molecule has 0 aliphatic rings. The van der Waals surface area contributed by atoms with Gasteiger partial charge in [0, 0.05) is 12.8 Å². The molecule has 0 saturated carbocycles. The number of rotatable bonds is 67. The maximum absolute atomic E-state index is 12.5. The second kappa shape index (κ2) is 67.8.